The third kappa shape index (κ3) is 4.81. The minimum absolute atomic E-state index is 0. The smallest absolute Gasteiger partial charge is 0.238 e. The molecule has 2 rings (SSSR count). The van der Waals surface area contributed by atoms with Crippen LogP contribution in [0.15, 0.2) is 0 Å². The maximum Gasteiger partial charge on any atom is 0.238 e. The highest BCUT2D eigenvalue weighted by molar-refractivity contribution is 7.89. The second-order valence-corrected chi connectivity index (χ2v) is 7.68. The van der Waals surface area contributed by atoms with Gasteiger partial charge in [-0.25, -0.2) is 8.42 Å². The summed E-state index contributed by atoms with van der Waals surface area (Å²) in [5, 5.41) is 6.24. The molecule has 2 unspecified atom stereocenters. The fourth-order valence-electron chi connectivity index (χ4n) is 2.98. The summed E-state index contributed by atoms with van der Waals surface area (Å²) >= 11 is 0. The molecule has 2 atom stereocenters. The minimum Gasteiger partial charge on any atom is -0.351 e. The van der Waals surface area contributed by atoms with Gasteiger partial charge in [0.05, 0.1) is 5.75 Å². The highest BCUT2D eigenvalue weighted by Crippen LogP contribution is 2.22. The van der Waals surface area contributed by atoms with Crippen molar-refractivity contribution >= 4 is 28.3 Å². The molecule has 0 aromatic rings. The number of sulfonamides is 1. The Labute approximate surface area is 133 Å². The van der Waals surface area contributed by atoms with E-state index >= 15 is 0 Å². The lowest BCUT2D eigenvalue weighted by atomic mass is 10.1. The van der Waals surface area contributed by atoms with Gasteiger partial charge in [0.15, 0.2) is 0 Å². The molecular weight excluding hydrogens is 314 g/mol. The Morgan fingerprint density at radius 3 is 2.71 bits per heavy atom. The summed E-state index contributed by atoms with van der Waals surface area (Å²) in [5.41, 5.74) is 0. The largest absolute Gasteiger partial charge is 0.351 e. The van der Waals surface area contributed by atoms with Crippen LogP contribution < -0.4 is 10.6 Å². The number of hydrogen-bond donors (Lipinski definition) is 2. The van der Waals surface area contributed by atoms with Gasteiger partial charge in [0, 0.05) is 19.1 Å². The summed E-state index contributed by atoms with van der Waals surface area (Å²) in [4.78, 5) is 12.3. The molecular formula is C13H26ClN3O3S. The average molecular weight is 340 g/mol. The number of nitrogens with zero attached hydrogens (tertiary/aromatic N) is 1. The van der Waals surface area contributed by atoms with E-state index in [1.807, 2.05) is 6.92 Å². The fourth-order valence-corrected chi connectivity index (χ4v) is 4.73. The molecule has 2 saturated heterocycles. The maximum atomic E-state index is 12.3. The number of hydrogen-bond acceptors (Lipinski definition) is 4. The maximum absolute atomic E-state index is 12.3. The van der Waals surface area contributed by atoms with Crippen LogP contribution in [-0.2, 0) is 14.8 Å². The number of rotatable bonds is 5. The quantitative estimate of drug-likeness (QED) is 0.763. The van der Waals surface area contributed by atoms with Gasteiger partial charge in [-0.15, -0.1) is 12.4 Å². The van der Waals surface area contributed by atoms with Crippen LogP contribution >= 0.6 is 12.4 Å². The molecule has 0 spiro atoms. The van der Waals surface area contributed by atoms with Crippen LogP contribution in [0.1, 0.15) is 39.0 Å². The van der Waals surface area contributed by atoms with Crippen LogP contribution in [0.4, 0.5) is 0 Å². The number of carbonyl (C=O) groups is 1. The van der Waals surface area contributed by atoms with E-state index in [4.69, 9.17) is 0 Å². The van der Waals surface area contributed by atoms with Gasteiger partial charge in [0.25, 0.3) is 0 Å². The first-order valence-electron chi connectivity index (χ1n) is 7.55. The third-order valence-corrected chi connectivity index (χ3v) is 6.04. The van der Waals surface area contributed by atoms with Crippen molar-refractivity contribution in [2.24, 2.45) is 0 Å². The van der Waals surface area contributed by atoms with E-state index in [-0.39, 0.29) is 30.1 Å². The second-order valence-electron chi connectivity index (χ2n) is 5.64. The molecule has 0 bridgehead atoms. The Kier molecular flexibility index (Phi) is 7.39. The van der Waals surface area contributed by atoms with Crippen LogP contribution in [-0.4, -0.2) is 56.1 Å². The van der Waals surface area contributed by atoms with Crippen molar-refractivity contribution in [2.45, 2.75) is 51.1 Å². The van der Waals surface area contributed by atoms with E-state index < -0.39 is 16.1 Å². The SMILES string of the molecule is CCCS(=O)(=O)N1CCCC1C(=O)NC1CCCNC1.Cl. The molecule has 6 nitrogen and oxygen atoms in total. The zero-order chi connectivity index (χ0) is 14.6. The summed E-state index contributed by atoms with van der Waals surface area (Å²) < 4.78 is 25.8. The predicted molar refractivity (Wildman–Crippen MR) is 85.1 cm³/mol. The van der Waals surface area contributed by atoms with Crippen molar-refractivity contribution in [1.29, 1.82) is 0 Å². The number of carbonyl (C=O) groups excluding carboxylic acids is 1. The van der Waals surface area contributed by atoms with E-state index in [1.54, 1.807) is 0 Å². The Morgan fingerprint density at radius 1 is 1.33 bits per heavy atom. The summed E-state index contributed by atoms with van der Waals surface area (Å²) in [6.45, 7) is 4.09. The van der Waals surface area contributed by atoms with Gasteiger partial charge in [-0.2, -0.15) is 4.31 Å². The number of nitrogens with one attached hydrogen (secondary N) is 2. The number of piperidine rings is 1. The molecule has 2 aliphatic rings. The van der Waals surface area contributed by atoms with Crippen LogP contribution in [0.3, 0.4) is 0 Å². The third-order valence-electron chi connectivity index (χ3n) is 3.97. The highest BCUT2D eigenvalue weighted by Gasteiger charge is 2.38. The second kappa shape index (κ2) is 8.31. The van der Waals surface area contributed by atoms with Gasteiger partial charge >= 0.3 is 0 Å². The molecule has 0 saturated carbocycles. The summed E-state index contributed by atoms with van der Waals surface area (Å²) in [5.74, 6) is -0.00207. The Balaban J connectivity index is 0.00000220. The average Bonchev–Trinajstić information content (AvgIpc) is 2.90. The molecule has 0 aromatic carbocycles. The van der Waals surface area contributed by atoms with Crippen molar-refractivity contribution < 1.29 is 13.2 Å². The molecule has 0 aromatic heterocycles. The van der Waals surface area contributed by atoms with E-state index in [1.165, 1.54) is 4.31 Å². The molecule has 0 aliphatic carbocycles. The molecule has 2 aliphatic heterocycles. The van der Waals surface area contributed by atoms with Crippen LogP contribution in [0.2, 0.25) is 0 Å². The van der Waals surface area contributed by atoms with Gasteiger partial charge < -0.3 is 10.6 Å². The van der Waals surface area contributed by atoms with Crippen molar-refractivity contribution in [3.8, 4) is 0 Å². The van der Waals surface area contributed by atoms with Gasteiger partial charge in [-0.05, 0) is 38.6 Å². The monoisotopic (exact) mass is 339 g/mol. The summed E-state index contributed by atoms with van der Waals surface area (Å²) in [7, 11) is -3.29. The topological polar surface area (TPSA) is 78.5 Å². The van der Waals surface area contributed by atoms with E-state index in [0.717, 1.165) is 32.4 Å². The first-order valence-corrected chi connectivity index (χ1v) is 9.16. The normalized spacial score (nSPS) is 27.1. The first-order chi connectivity index (χ1) is 9.54. The lowest BCUT2D eigenvalue weighted by Crippen LogP contribution is -2.52. The summed E-state index contributed by atoms with van der Waals surface area (Å²) in [6.07, 6.45) is 4.00. The molecule has 2 N–H and O–H groups in total. The van der Waals surface area contributed by atoms with Gasteiger partial charge in [0.2, 0.25) is 15.9 Å². The predicted octanol–water partition coefficient (Wildman–Crippen LogP) is 0.481. The molecule has 1 amide bonds. The molecule has 124 valence electrons. The Morgan fingerprint density at radius 2 is 2.10 bits per heavy atom. The summed E-state index contributed by atoms with van der Waals surface area (Å²) in [6, 6.07) is -0.374. The van der Waals surface area contributed by atoms with Crippen molar-refractivity contribution in [1.82, 2.24) is 14.9 Å². The fraction of sp³-hybridized carbons (Fsp3) is 0.923. The number of halogens is 1. The Bertz CT molecular complexity index is 438. The zero-order valence-corrected chi connectivity index (χ0v) is 14.1. The molecule has 2 fully saturated rings. The number of amides is 1. The van der Waals surface area contributed by atoms with E-state index in [9.17, 15) is 13.2 Å². The molecule has 21 heavy (non-hydrogen) atoms. The molecule has 0 radical (unpaired) electrons. The van der Waals surface area contributed by atoms with Gasteiger partial charge in [-0.3, -0.25) is 4.79 Å². The van der Waals surface area contributed by atoms with Crippen molar-refractivity contribution in [3.05, 3.63) is 0 Å². The van der Waals surface area contributed by atoms with Crippen LogP contribution in [0, 0.1) is 0 Å². The Hall–Kier alpha value is -0.370. The molecule has 8 heteroatoms. The lowest BCUT2D eigenvalue weighted by molar-refractivity contribution is -0.125. The van der Waals surface area contributed by atoms with Gasteiger partial charge in [-0.1, -0.05) is 6.92 Å². The van der Waals surface area contributed by atoms with Crippen molar-refractivity contribution in [2.75, 3.05) is 25.4 Å². The van der Waals surface area contributed by atoms with Crippen molar-refractivity contribution in [3.63, 3.8) is 0 Å². The minimum atomic E-state index is -3.29. The first kappa shape index (κ1) is 18.7. The zero-order valence-electron chi connectivity index (χ0n) is 12.5. The van der Waals surface area contributed by atoms with E-state index in [2.05, 4.69) is 10.6 Å². The highest BCUT2D eigenvalue weighted by atomic mass is 35.5. The standard InChI is InChI=1S/C13H25N3O3S.ClH/c1-2-9-20(18,19)16-8-4-6-12(16)13(17)15-11-5-3-7-14-10-11;/h11-12,14H,2-10H2,1H3,(H,15,17);1H. The van der Waals surface area contributed by atoms with Gasteiger partial charge in [0.1, 0.15) is 6.04 Å². The van der Waals surface area contributed by atoms with Crippen LogP contribution in [0.25, 0.3) is 0 Å². The lowest BCUT2D eigenvalue weighted by Gasteiger charge is -2.28. The van der Waals surface area contributed by atoms with Crippen LogP contribution in [0.5, 0.6) is 0 Å². The molecule has 2 heterocycles. The van der Waals surface area contributed by atoms with E-state index in [0.29, 0.717) is 19.4 Å².